The third-order valence-corrected chi connectivity index (χ3v) is 3.07. The number of esters is 2. The molecule has 0 aliphatic heterocycles. The molecule has 4 nitrogen and oxygen atoms in total. The molecule has 0 N–H and O–H groups in total. The molecule has 0 saturated heterocycles. The van der Waals surface area contributed by atoms with Crippen molar-refractivity contribution in [3.63, 3.8) is 0 Å². The van der Waals surface area contributed by atoms with E-state index in [2.05, 4.69) is 0 Å². The maximum atomic E-state index is 12.1. The van der Waals surface area contributed by atoms with E-state index in [1.54, 1.807) is 13.8 Å². The molecule has 0 aliphatic rings. The van der Waals surface area contributed by atoms with E-state index in [1.165, 1.54) is 0 Å². The molecular weight excluding hydrogens is 256 g/mol. The first-order chi connectivity index (χ1) is 9.42. The molecule has 0 unspecified atom stereocenters. The zero-order chi connectivity index (χ0) is 15.3. The van der Waals surface area contributed by atoms with E-state index in [1.807, 2.05) is 32.9 Å². The number of hydrogen-bond acceptors (Lipinski definition) is 4. The molecule has 110 valence electrons. The van der Waals surface area contributed by atoms with Gasteiger partial charge in [-0.3, -0.25) is 9.59 Å². The molecule has 0 bridgehead atoms. The van der Waals surface area contributed by atoms with E-state index in [0.717, 1.165) is 16.7 Å². The van der Waals surface area contributed by atoms with Crippen LogP contribution >= 0.6 is 0 Å². The predicted octanol–water partition coefficient (Wildman–Crippen LogP) is 2.82. The van der Waals surface area contributed by atoms with Gasteiger partial charge < -0.3 is 9.47 Å². The Morgan fingerprint density at radius 2 is 1.35 bits per heavy atom. The maximum absolute atomic E-state index is 12.1. The Labute approximate surface area is 120 Å². The molecule has 0 fully saturated rings. The quantitative estimate of drug-likeness (QED) is 0.614. The van der Waals surface area contributed by atoms with Crippen LogP contribution in [0.4, 0.5) is 0 Å². The van der Waals surface area contributed by atoms with Crippen LogP contribution in [0.2, 0.25) is 0 Å². The van der Waals surface area contributed by atoms with Crippen molar-refractivity contribution in [3.05, 3.63) is 34.4 Å². The number of aryl methyl sites for hydroxylation is 3. The number of ether oxygens (including phenoxy) is 2. The predicted molar refractivity (Wildman–Crippen MR) is 76.7 cm³/mol. The van der Waals surface area contributed by atoms with E-state index in [-0.39, 0.29) is 13.2 Å². The van der Waals surface area contributed by atoms with Crippen LogP contribution in [0.15, 0.2) is 12.1 Å². The van der Waals surface area contributed by atoms with Crippen molar-refractivity contribution < 1.29 is 19.1 Å². The third kappa shape index (κ3) is 3.59. The van der Waals surface area contributed by atoms with Gasteiger partial charge >= 0.3 is 11.9 Å². The van der Waals surface area contributed by atoms with E-state index in [0.29, 0.717) is 5.56 Å². The van der Waals surface area contributed by atoms with E-state index >= 15 is 0 Å². The van der Waals surface area contributed by atoms with Crippen LogP contribution in [0.3, 0.4) is 0 Å². The second-order valence-electron chi connectivity index (χ2n) is 4.75. The van der Waals surface area contributed by atoms with Gasteiger partial charge in [-0.25, -0.2) is 0 Å². The Morgan fingerprint density at radius 1 is 0.950 bits per heavy atom. The van der Waals surface area contributed by atoms with Crippen molar-refractivity contribution in [2.75, 3.05) is 13.2 Å². The minimum Gasteiger partial charge on any atom is -0.465 e. The molecule has 0 atom stereocenters. The Bertz CT molecular complexity index is 464. The van der Waals surface area contributed by atoms with Crippen LogP contribution in [0.25, 0.3) is 0 Å². The third-order valence-electron chi connectivity index (χ3n) is 3.07. The SMILES string of the molecule is CCOC(=O)C(C(=O)OCC)c1c(C)cc(C)cc1C. The number of carbonyl (C=O) groups is 2. The zero-order valence-corrected chi connectivity index (χ0v) is 12.8. The zero-order valence-electron chi connectivity index (χ0n) is 12.8. The van der Waals surface area contributed by atoms with Gasteiger partial charge in [0.1, 0.15) is 0 Å². The fraction of sp³-hybridized carbons (Fsp3) is 0.500. The standard InChI is InChI=1S/C16H22O4/c1-6-19-15(17)14(16(18)20-7-2)13-11(4)8-10(3)9-12(13)5/h8-9,14H,6-7H2,1-5H3. The van der Waals surface area contributed by atoms with E-state index < -0.39 is 17.9 Å². The highest BCUT2D eigenvalue weighted by Crippen LogP contribution is 2.27. The highest BCUT2D eigenvalue weighted by atomic mass is 16.6. The van der Waals surface area contributed by atoms with Crippen molar-refractivity contribution in [3.8, 4) is 0 Å². The maximum Gasteiger partial charge on any atom is 0.324 e. The number of benzene rings is 1. The van der Waals surface area contributed by atoms with Gasteiger partial charge in [0.25, 0.3) is 0 Å². The lowest BCUT2D eigenvalue weighted by Gasteiger charge is -2.19. The summed E-state index contributed by atoms with van der Waals surface area (Å²) in [6.45, 7) is 9.66. The lowest BCUT2D eigenvalue weighted by atomic mass is 9.89. The summed E-state index contributed by atoms with van der Waals surface area (Å²) in [5.41, 5.74) is 3.57. The van der Waals surface area contributed by atoms with Gasteiger partial charge in [0.2, 0.25) is 0 Å². The van der Waals surface area contributed by atoms with Crippen LogP contribution < -0.4 is 0 Å². The number of rotatable bonds is 5. The van der Waals surface area contributed by atoms with Gasteiger partial charge in [0.15, 0.2) is 5.92 Å². The Balaban J connectivity index is 3.30. The van der Waals surface area contributed by atoms with Crippen molar-refractivity contribution in [2.45, 2.75) is 40.5 Å². The number of carbonyl (C=O) groups excluding carboxylic acids is 2. The summed E-state index contributed by atoms with van der Waals surface area (Å²) in [5.74, 6) is -2.11. The van der Waals surface area contributed by atoms with Crippen molar-refractivity contribution >= 4 is 11.9 Å². The molecule has 0 saturated carbocycles. The highest BCUT2D eigenvalue weighted by Gasteiger charge is 2.33. The first kappa shape index (κ1) is 16.2. The Kier molecular flexibility index (Phi) is 5.74. The first-order valence-electron chi connectivity index (χ1n) is 6.83. The van der Waals surface area contributed by atoms with Gasteiger partial charge in [-0.15, -0.1) is 0 Å². The molecule has 0 heterocycles. The Morgan fingerprint density at radius 3 is 1.70 bits per heavy atom. The smallest absolute Gasteiger partial charge is 0.324 e. The molecule has 1 aromatic carbocycles. The fourth-order valence-electron chi connectivity index (χ4n) is 2.43. The van der Waals surface area contributed by atoms with Gasteiger partial charge in [-0.05, 0) is 51.3 Å². The van der Waals surface area contributed by atoms with Gasteiger partial charge in [0, 0.05) is 0 Å². The molecule has 0 aromatic heterocycles. The van der Waals surface area contributed by atoms with Crippen LogP contribution in [-0.2, 0) is 19.1 Å². The number of hydrogen-bond donors (Lipinski definition) is 0. The fourth-order valence-corrected chi connectivity index (χ4v) is 2.43. The normalized spacial score (nSPS) is 10.5. The Hall–Kier alpha value is -1.84. The average Bonchev–Trinajstić information content (AvgIpc) is 2.33. The summed E-state index contributed by atoms with van der Waals surface area (Å²) >= 11 is 0. The lowest BCUT2D eigenvalue weighted by Crippen LogP contribution is -2.27. The molecule has 20 heavy (non-hydrogen) atoms. The molecule has 0 amide bonds. The van der Waals surface area contributed by atoms with Crippen LogP contribution in [0.1, 0.15) is 42.0 Å². The molecule has 0 spiro atoms. The summed E-state index contributed by atoms with van der Waals surface area (Å²) in [7, 11) is 0. The van der Waals surface area contributed by atoms with E-state index in [9.17, 15) is 9.59 Å². The second-order valence-corrected chi connectivity index (χ2v) is 4.75. The van der Waals surface area contributed by atoms with Gasteiger partial charge in [0.05, 0.1) is 13.2 Å². The summed E-state index contributed by atoms with van der Waals surface area (Å²) in [5, 5.41) is 0. The van der Waals surface area contributed by atoms with Crippen molar-refractivity contribution in [1.29, 1.82) is 0 Å². The second kappa shape index (κ2) is 7.08. The molecule has 1 rings (SSSR count). The van der Waals surface area contributed by atoms with E-state index in [4.69, 9.17) is 9.47 Å². The average molecular weight is 278 g/mol. The van der Waals surface area contributed by atoms with Crippen molar-refractivity contribution in [2.24, 2.45) is 0 Å². The topological polar surface area (TPSA) is 52.6 Å². The molecule has 1 aromatic rings. The minimum atomic E-state index is -1.00. The highest BCUT2D eigenvalue weighted by molar-refractivity contribution is 6.01. The summed E-state index contributed by atoms with van der Waals surface area (Å²) in [6.07, 6.45) is 0. The largest absolute Gasteiger partial charge is 0.465 e. The van der Waals surface area contributed by atoms with Gasteiger partial charge in [-0.1, -0.05) is 17.7 Å². The molecular formula is C16H22O4. The monoisotopic (exact) mass is 278 g/mol. The first-order valence-corrected chi connectivity index (χ1v) is 6.83. The summed E-state index contributed by atoms with van der Waals surface area (Å²) < 4.78 is 10.1. The minimum absolute atomic E-state index is 0.235. The van der Waals surface area contributed by atoms with Crippen LogP contribution in [0, 0.1) is 20.8 Å². The molecule has 0 aliphatic carbocycles. The van der Waals surface area contributed by atoms with Crippen LogP contribution in [0.5, 0.6) is 0 Å². The van der Waals surface area contributed by atoms with Crippen LogP contribution in [-0.4, -0.2) is 25.2 Å². The summed E-state index contributed by atoms with van der Waals surface area (Å²) in [4.78, 5) is 24.3. The summed E-state index contributed by atoms with van der Waals surface area (Å²) in [6, 6.07) is 3.90. The lowest BCUT2D eigenvalue weighted by molar-refractivity contribution is -0.157. The molecule has 4 heteroatoms. The van der Waals surface area contributed by atoms with Gasteiger partial charge in [-0.2, -0.15) is 0 Å². The van der Waals surface area contributed by atoms with Crippen molar-refractivity contribution in [1.82, 2.24) is 0 Å². The molecule has 0 radical (unpaired) electrons.